The number of ketones is 1. The van der Waals surface area contributed by atoms with Gasteiger partial charge in [-0.15, -0.1) is 0 Å². The number of aryl methyl sites for hydroxylation is 1. The Bertz CT molecular complexity index is 990. The molecular formula is C23H21Cl2NO3. The molecule has 4 nitrogen and oxygen atoms in total. The Kier molecular flexibility index (Phi) is 5.41. The zero-order valence-electron chi connectivity index (χ0n) is 16.1. The Morgan fingerprint density at radius 1 is 1.14 bits per heavy atom. The quantitative estimate of drug-likeness (QED) is 0.605. The van der Waals surface area contributed by atoms with Gasteiger partial charge in [-0.2, -0.15) is 0 Å². The van der Waals surface area contributed by atoms with Crippen molar-refractivity contribution in [1.82, 2.24) is 4.90 Å². The predicted molar refractivity (Wildman–Crippen MR) is 115 cm³/mol. The van der Waals surface area contributed by atoms with Crippen molar-refractivity contribution >= 4 is 41.0 Å². The highest BCUT2D eigenvalue weighted by molar-refractivity contribution is 6.32. The minimum absolute atomic E-state index is 0.0417. The van der Waals surface area contributed by atoms with Crippen LogP contribution >= 0.6 is 23.2 Å². The number of hydrogen-bond donors (Lipinski definition) is 0. The van der Waals surface area contributed by atoms with Gasteiger partial charge in [0.25, 0.3) is 0 Å². The summed E-state index contributed by atoms with van der Waals surface area (Å²) in [5.41, 5.74) is 1.81. The molecule has 0 N–H and O–H groups in total. The van der Waals surface area contributed by atoms with E-state index in [0.717, 1.165) is 11.1 Å². The van der Waals surface area contributed by atoms with E-state index in [1.54, 1.807) is 35.3 Å². The highest BCUT2D eigenvalue weighted by Gasteiger charge is 2.43. The molecule has 1 amide bonds. The van der Waals surface area contributed by atoms with Crippen LogP contribution in [0.4, 0.5) is 0 Å². The molecule has 0 atom stereocenters. The van der Waals surface area contributed by atoms with Crippen molar-refractivity contribution in [2.45, 2.75) is 31.8 Å². The van der Waals surface area contributed by atoms with Crippen LogP contribution in [0, 0.1) is 6.92 Å². The Morgan fingerprint density at radius 3 is 2.52 bits per heavy atom. The number of likely N-dealkylation sites (tertiary alicyclic amines) is 1. The first-order chi connectivity index (χ1) is 13.8. The monoisotopic (exact) mass is 429 g/mol. The van der Waals surface area contributed by atoms with E-state index in [1.807, 2.05) is 25.1 Å². The molecule has 2 aromatic rings. The molecule has 2 aliphatic heterocycles. The van der Waals surface area contributed by atoms with E-state index in [0.29, 0.717) is 53.7 Å². The van der Waals surface area contributed by atoms with E-state index in [4.69, 9.17) is 27.9 Å². The van der Waals surface area contributed by atoms with E-state index >= 15 is 0 Å². The molecule has 1 saturated heterocycles. The van der Waals surface area contributed by atoms with Gasteiger partial charge in [-0.25, -0.2) is 0 Å². The molecule has 0 saturated carbocycles. The molecular weight excluding hydrogens is 409 g/mol. The van der Waals surface area contributed by atoms with E-state index in [-0.39, 0.29) is 11.7 Å². The number of ether oxygens (including phenoxy) is 1. The summed E-state index contributed by atoms with van der Waals surface area (Å²) in [6.45, 7) is 3.00. The number of benzene rings is 2. The number of carbonyl (C=O) groups excluding carboxylic acids is 2. The molecule has 2 aliphatic rings. The lowest BCUT2D eigenvalue weighted by Crippen LogP contribution is -2.52. The number of nitrogens with zero attached hydrogens (tertiary/aromatic N) is 1. The van der Waals surface area contributed by atoms with Crippen LogP contribution in [0.15, 0.2) is 42.5 Å². The number of Topliss-reactive ketones (excluding diaryl/α,β-unsaturated/α-hetero) is 1. The van der Waals surface area contributed by atoms with Crippen molar-refractivity contribution in [3.63, 3.8) is 0 Å². The highest BCUT2D eigenvalue weighted by Crippen LogP contribution is 2.41. The maximum atomic E-state index is 12.7. The smallest absolute Gasteiger partial charge is 0.246 e. The van der Waals surface area contributed by atoms with Crippen molar-refractivity contribution in [2.75, 3.05) is 13.1 Å². The standard InChI is InChI=1S/C23H21Cl2NO3/c1-15-12-21-18(13-19(15)25)20(27)14-23(29-21)8-10-26(11-9-23)22(28)7-4-16-2-5-17(24)6-3-16/h2-7,12-13H,8-11,14H2,1H3/b7-4+. The zero-order chi connectivity index (χ0) is 20.6. The Morgan fingerprint density at radius 2 is 1.83 bits per heavy atom. The summed E-state index contributed by atoms with van der Waals surface area (Å²) < 4.78 is 6.29. The summed E-state index contributed by atoms with van der Waals surface area (Å²) in [6, 6.07) is 10.8. The molecule has 0 aromatic heterocycles. The van der Waals surface area contributed by atoms with Gasteiger partial charge in [0.2, 0.25) is 5.91 Å². The summed E-state index contributed by atoms with van der Waals surface area (Å²) in [5.74, 6) is 0.612. The van der Waals surface area contributed by atoms with Gasteiger partial charge in [-0.1, -0.05) is 35.3 Å². The summed E-state index contributed by atoms with van der Waals surface area (Å²) >= 11 is 12.0. The van der Waals surface area contributed by atoms with Gasteiger partial charge in [0, 0.05) is 42.1 Å². The molecule has 29 heavy (non-hydrogen) atoms. The molecule has 2 aromatic carbocycles. The first-order valence-electron chi connectivity index (χ1n) is 9.60. The molecule has 0 unspecified atom stereocenters. The minimum Gasteiger partial charge on any atom is -0.486 e. The van der Waals surface area contributed by atoms with Crippen molar-refractivity contribution in [3.8, 4) is 5.75 Å². The average Bonchev–Trinajstić information content (AvgIpc) is 2.69. The first kappa shape index (κ1) is 20.0. The van der Waals surface area contributed by atoms with Gasteiger partial charge in [0.15, 0.2) is 5.78 Å². The average molecular weight is 430 g/mol. The fourth-order valence-electron chi connectivity index (χ4n) is 3.87. The van der Waals surface area contributed by atoms with E-state index in [9.17, 15) is 9.59 Å². The number of rotatable bonds is 2. The van der Waals surface area contributed by atoms with Gasteiger partial charge >= 0.3 is 0 Å². The Labute approximate surface area is 180 Å². The van der Waals surface area contributed by atoms with Crippen molar-refractivity contribution in [2.24, 2.45) is 0 Å². The SMILES string of the molecule is Cc1cc2c(cc1Cl)C(=O)CC1(CCN(C(=O)/C=C/c3ccc(Cl)cc3)CC1)O2. The third kappa shape index (κ3) is 4.19. The molecule has 150 valence electrons. The third-order valence-corrected chi connectivity index (χ3v) is 6.30. The summed E-state index contributed by atoms with van der Waals surface area (Å²) in [4.78, 5) is 27.0. The number of piperidine rings is 1. The summed E-state index contributed by atoms with van der Waals surface area (Å²) in [7, 11) is 0. The van der Waals surface area contributed by atoms with Crippen molar-refractivity contribution < 1.29 is 14.3 Å². The van der Waals surface area contributed by atoms with E-state index < -0.39 is 5.60 Å². The van der Waals surface area contributed by atoms with E-state index in [2.05, 4.69) is 0 Å². The summed E-state index contributed by atoms with van der Waals surface area (Å²) in [5, 5.41) is 1.24. The lowest BCUT2D eigenvalue weighted by atomic mass is 9.82. The number of carbonyl (C=O) groups is 2. The molecule has 4 rings (SSSR count). The zero-order valence-corrected chi connectivity index (χ0v) is 17.6. The maximum absolute atomic E-state index is 12.7. The second-order valence-corrected chi connectivity index (χ2v) is 8.54. The van der Waals surface area contributed by atoms with Crippen molar-refractivity contribution in [3.05, 3.63) is 69.2 Å². The van der Waals surface area contributed by atoms with Gasteiger partial charge in [0.1, 0.15) is 11.4 Å². The second kappa shape index (κ2) is 7.85. The molecule has 2 heterocycles. The van der Waals surface area contributed by atoms with Crippen LogP contribution in [-0.2, 0) is 4.79 Å². The van der Waals surface area contributed by atoms with Crippen LogP contribution in [0.1, 0.15) is 40.7 Å². The fourth-order valence-corrected chi connectivity index (χ4v) is 4.16. The van der Waals surface area contributed by atoms with Crippen LogP contribution < -0.4 is 4.74 Å². The third-order valence-electron chi connectivity index (χ3n) is 5.65. The lowest BCUT2D eigenvalue weighted by Gasteiger charge is -2.43. The summed E-state index contributed by atoms with van der Waals surface area (Å²) in [6.07, 6.45) is 4.93. The highest BCUT2D eigenvalue weighted by atomic mass is 35.5. The number of halogens is 2. The lowest BCUT2D eigenvalue weighted by molar-refractivity contribution is -0.129. The maximum Gasteiger partial charge on any atom is 0.246 e. The molecule has 1 spiro atoms. The fraction of sp³-hybridized carbons (Fsp3) is 0.304. The molecule has 1 fully saturated rings. The first-order valence-corrected chi connectivity index (χ1v) is 10.4. The number of hydrogen-bond acceptors (Lipinski definition) is 3. The van der Waals surface area contributed by atoms with Gasteiger partial charge in [-0.05, 0) is 48.4 Å². The largest absolute Gasteiger partial charge is 0.486 e. The topological polar surface area (TPSA) is 46.6 Å². The number of amides is 1. The van der Waals surface area contributed by atoms with Crippen LogP contribution in [0.2, 0.25) is 10.0 Å². The normalized spacial score (nSPS) is 18.0. The van der Waals surface area contributed by atoms with Gasteiger partial charge < -0.3 is 9.64 Å². The van der Waals surface area contributed by atoms with Crippen molar-refractivity contribution in [1.29, 1.82) is 0 Å². The Hall–Kier alpha value is -2.30. The van der Waals surface area contributed by atoms with Crippen LogP contribution in [0.3, 0.4) is 0 Å². The molecule has 0 bridgehead atoms. The molecule has 0 aliphatic carbocycles. The second-order valence-electron chi connectivity index (χ2n) is 7.69. The minimum atomic E-state index is -0.541. The molecule has 0 radical (unpaired) electrons. The van der Waals surface area contributed by atoms with Crippen LogP contribution in [0.25, 0.3) is 6.08 Å². The van der Waals surface area contributed by atoms with E-state index in [1.165, 1.54) is 0 Å². The van der Waals surface area contributed by atoms with Crippen LogP contribution in [0.5, 0.6) is 5.75 Å². The molecule has 6 heteroatoms. The predicted octanol–water partition coefficient (Wildman–Crippen LogP) is 5.34. The Balaban J connectivity index is 1.42. The van der Waals surface area contributed by atoms with Gasteiger partial charge in [-0.3, -0.25) is 9.59 Å². The number of fused-ring (bicyclic) bond motifs is 1. The van der Waals surface area contributed by atoms with Gasteiger partial charge in [0.05, 0.1) is 12.0 Å². The van der Waals surface area contributed by atoms with Crippen LogP contribution in [-0.4, -0.2) is 35.3 Å².